The van der Waals surface area contributed by atoms with Crippen LogP contribution >= 0.6 is 11.6 Å². The van der Waals surface area contributed by atoms with E-state index in [0.29, 0.717) is 12.0 Å². The normalized spacial score (nSPS) is 21.0. The van der Waals surface area contributed by atoms with E-state index in [4.69, 9.17) is 11.6 Å². The van der Waals surface area contributed by atoms with Crippen molar-refractivity contribution in [1.29, 1.82) is 0 Å². The molecule has 0 heterocycles. The van der Waals surface area contributed by atoms with E-state index in [-0.39, 0.29) is 0 Å². The molecule has 21 heavy (non-hydrogen) atoms. The second-order valence-corrected chi connectivity index (χ2v) is 6.55. The van der Waals surface area contributed by atoms with E-state index in [1.54, 1.807) is 0 Å². The molecule has 0 radical (unpaired) electrons. The minimum absolute atomic E-state index is 0.666. The van der Waals surface area contributed by atoms with Gasteiger partial charge in [0, 0.05) is 11.1 Å². The molecule has 1 aliphatic carbocycles. The maximum Gasteiger partial charge on any atom is 0.0408 e. The number of aryl methyl sites for hydroxylation is 1. The maximum atomic E-state index is 6.05. The van der Waals surface area contributed by atoms with Gasteiger partial charge in [-0.2, -0.15) is 0 Å². The Labute approximate surface area is 132 Å². The fraction of sp³-hybridized carbons (Fsp3) is 0.368. The summed E-state index contributed by atoms with van der Waals surface area (Å²) in [5, 5.41) is 4.52. The number of benzene rings is 2. The van der Waals surface area contributed by atoms with Crippen LogP contribution in [0.4, 0.5) is 0 Å². The summed E-state index contributed by atoms with van der Waals surface area (Å²) >= 11 is 6.05. The fourth-order valence-electron chi connectivity index (χ4n) is 3.11. The molecule has 1 N–H and O–H groups in total. The molecule has 0 amide bonds. The number of hydrogen-bond acceptors (Lipinski definition) is 1. The molecule has 1 nitrogen and oxygen atoms in total. The molecular formula is C19H22ClN. The first-order valence-electron chi connectivity index (χ1n) is 7.75. The highest BCUT2D eigenvalue weighted by atomic mass is 35.5. The largest absolute Gasteiger partial charge is 0.314 e. The van der Waals surface area contributed by atoms with Gasteiger partial charge < -0.3 is 5.32 Å². The van der Waals surface area contributed by atoms with Crippen molar-refractivity contribution in [2.75, 3.05) is 6.54 Å². The van der Waals surface area contributed by atoms with Crippen LogP contribution in [0.5, 0.6) is 0 Å². The lowest BCUT2D eigenvalue weighted by atomic mass is 9.76. The summed E-state index contributed by atoms with van der Waals surface area (Å²) in [6.07, 6.45) is 3.57. The summed E-state index contributed by atoms with van der Waals surface area (Å²) in [5.41, 5.74) is 4.16. The smallest absolute Gasteiger partial charge is 0.0408 e. The highest BCUT2D eigenvalue weighted by Gasteiger charge is 2.29. The van der Waals surface area contributed by atoms with Gasteiger partial charge in [0.05, 0.1) is 0 Å². The maximum absolute atomic E-state index is 6.05. The summed E-state index contributed by atoms with van der Waals surface area (Å²) in [7, 11) is 0. The van der Waals surface area contributed by atoms with Crippen molar-refractivity contribution in [3.05, 3.63) is 70.2 Å². The Balaban J connectivity index is 1.41. The molecule has 1 fully saturated rings. The van der Waals surface area contributed by atoms with Crippen molar-refractivity contribution in [1.82, 2.24) is 5.32 Å². The molecule has 0 saturated heterocycles. The predicted molar refractivity (Wildman–Crippen MR) is 90.1 cm³/mol. The van der Waals surface area contributed by atoms with Gasteiger partial charge in [-0.1, -0.05) is 53.6 Å². The highest BCUT2D eigenvalue weighted by Crippen LogP contribution is 2.37. The first-order chi connectivity index (χ1) is 10.2. The van der Waals surface area contributed by atoms with Crippen molar-refractivity contribution in [3.63, 3.8) is 0 Å². The zero-order valence-electron chi connectivity index (χ0n) is 12.5. The molecule has 110 valence electrons. The van der Waals surface area contributed by atoms with Crippen LogP contribution in [0.2, 0.25) is 5.02 Å². The lowest BCUT2D eigenvalue weighted by Gasteiger charge is -2.36. The van der Waals surface area contributed by atoms with Gasteiger partial charge in [-0.15, -0.1) is 0 Å². The van der Waals surface area contributed by atoms with Gasteiger partial charge in [0.2, 0.25) is 0 Å². The average Bonchev–Trinajstić information content (AvgIpc) is 2.41. The van der Waals surface area contributed by atoms with E-state index in [1.807, 2.05) is 6.07 Å². The van der Waals surface area contributed by atoms with Crippen LogP contribution in [0.15, 0.2) is 48.5 Å². The SMILES string of the molecule is Cc1cccc(CCNC2CC(c3cccc(Cl)c3)C2)c1. The Kier molecular flexibility index (Phi) is 4.62. The molecule has 0 atom stereocenters. The Hall–Kier alpha value is -1.31. The van der Waals surface area contributed by atoms with E-state index in [2.05, 4.69) is 54.7 Å². The number of nitrogens with one attached hydrogen (secondary N) is 1. The Bertz CT molecular complexity index is 602. The third kappa shape index (κ3) is 3.87. The molecule has 0 bridgehead atoms. The third-order valence-corrected chi connectivity index (χ3v) is 4.62. The standard InChI is InChI=1S/C19H22ClN/c1-14-4-2-5-15(10-14)8-9-21-19-12-17(13-19)16-6-3-7-18(20)11-16/h2-7,10-11,17,19,21H,8-9,12-13H2,1H3. The molecule has 1 saturated carbocycles. The van der Waals surface area contributed by atoms with Crippen LogP contribution in [0.1, 0.15) is 35.4 Å². The van der Waals surface area contributed by atoms with Gasteiger partial charge in [0.25, 0.3) is 0 Å². The predicted octanol–water partition coefficient (Wildman–Crippen LogP) is 4.73. The van der Waals surface area contributed by atoms with Crippen molar-refractivity contribution in [3.8, 4) is 0 Å². The van der Waals surface area contributed by atoms with E-state index in [0.717, 1.165) is 18.0 Å². The molecule has 2 aromatic carbocycles. The average molecular weight is 300 g/mol. The first kappa shape index (κ1) is 14.6. The van der Waals surface area contributed by atoms with Crippen LogP contribution in [-0.2, 0) is 6.42 Å². The minimum Gasteiger partial charge on any atom is -0.314 e. The van der Waals surface area contributed by atoms with Gasteiger partial charge in [-0.3, -0.25) is 0 Å². The van der Waals surface area contributed by atoms with Crippen molar-refractivity contribution in [2.45, 2.75) is 38.1 Å². The molecule has 0 aliphatic heterocycles. The van der Waals surface area contributed by atoms with Crippen molar-refractivity contribution in [2.24, 2.45) is 0 Å². The zero-order chi connectivity index (χ0) is 14.7. The van der Waals surface area contributed by atoms with Gasteiger partial charge >= 0.3 is 0 Å². The van der Waals surface area contributed by atoms with Crippen LogP contribution in [-0.4, -0.2) is 12.6 Å². The van der Waals surface area contributed by atoms with Crippen molar-refractivity contribution < 1.29 is 0 Å². The van der Waals surface area contributed by atoms with Crippen LogP contribution in [0.25, 0.3) is 0 Å². The first-order valence-corrected chi connectivity index (χ1v) is 8.13. The van der Waals surface area contributed by atoms with Gasteiger partial charge in [-0.05, 0) is 61.9 Å². The molecule has 1 aliphatic rings. The summed E-state index contributed by atoms with van der Waals surface area (Å²) in [5.74, 6) is 0.681. The molecule has 2 aromatic rings. The highest BCUT2D eigenvalue weighted by molar-refractivity contribution is 6.30. The summed E-state index contributed by atoms with van der Waals surface area (Å²) in [6, 6.07) is 17.7. The molecule has 2 heteroatoms. The topological polar surface area (TPSA) is 12.0 Å². The third-order valence-electron chi connectivity index (χ3n) is 4.39. The van der Waals surface area contributed by atoms with E-state index < -0.39 is 0 Å². The van der Waals surface area contributed by atoms with Crippen LogP contribution in [0, 0.1) is 6.92 Å². The Morgan fingerprint density at radius 3 is 2.67 bits per heavy atom. The Morgan fingerprint density at radius 2 is 1.90 bits per heavy atom. The van der Waals surface area contributed by atoms with E-state index >= 15 is 0 Å². The van der Waals surface area contributed by atoms with Gasteiger partial charge in [0.15, 0.2) is 0 Å². The number of rotatable bonds is 5. The van der Waals surface area contributed by atoms with Gasteiger partial charge in [0.1, 0.15) is 0 Å². The lowest BCUT2D eigenvalue weighted by Crippen LogP contribution is -2.40. The molecular weight excluding hydrogens is 278 g/mol. The lowest BCUT2D eigenvalue weighted by molar-refractivity contribution is 0.293. The van der Waals surface area contributed by atoms with E-state index in [1.165, 1.54) is 29.5 Å². The zero-order valence-corrected chi connectivity index (χ0v) is 13.2. The second-order valence-electron chi connectivity index (χ2n) is 6.11. The fourth-order valence-corrected chi connectivity index (χ4v) is 3.30. The molecule has 0 unspecified atom stereocenters. The number of halogens is 1. The van der Waals surface area contributed by atoms with E-state index in [9.17, 15) is 0 Å². The summed E-state index contributed by atoms with van der Waals surface area (Å²) in [4.78, 5) is 0. The Morgan fingerprint density at radius 1 is 1.10 bits per heavy atom. The van der Waals surface area contributed by atoms with Crippen LogP contribution < -0.4 is 5.32 Å². The molecule has 0 aromatic heterocycles. The quantitative estimate of drug-likeness (QED) is 0.842. The van der Waals surface area contributed by atoms with Gasteiger partial charge in [-0.25, -0.2) is 0 Å². The minimum atomic E-state index is 0.666. The monoisotopic (exact) mass is 299 g/mol. The van der Waals surface area contributed by atoms with Crippen molar-refractivity contribution >= 4 is 11.6 Å². The molecule has 3 rings (SSSR count). The second kappa shape index (κ2) is 6.64. The summed E-state index contributed by atoms with van der Waals surface area (Å²) in [6.45, 7) is 3.22. The number of hydrogen-bond donors (Lipinski definition) is 1. The molecule has 0 spiro atoms. The van der Waals surface area contributed by atoms with Crippen LogP contribution in [0.3, 0.4) is 0 Å². The summed E-state index contributed by atoms with van der Waals surface area (Å²) < 4.78 is 0.